The van der Waals surface area contributed by atoms with Crippen LogP contribution in [-0.2, 0) is 11.3 Å². The molecule has 1 aromatic heterocycles. The van der Waals surface area contributed by atoms with Crippen molar-refractivity contribution in [2.45, 2.75) is 13.5 Å². The van der Waals surface area contributed by atoms with Crippen molar-refractivity contribution in [1.82, 2.24) is 4.57 Å². The lowest BCUT2D eigenvalue weighted by Crippen LogP contribution is -2.28. The Morgan fingerprint density at radius 1 is 1.23 bits per heavy atom. The summed E-state index contributed by atoms with van der Waals surface area (Å²) in [6.45, 7) is 1.44. The van der Waals surface area contributed by atoms with E-state index in [0.29, 0.717) is 16.9 Å². The molecule has 7 heteroatoms. The van der Waals surface area contributed by atoms with Crippen molar-refractivity contribution < 1.29 is 14.7 Å². The Labute approximate surface area is 126 Å². The van der Waals surface area contributed by atoms with Crippen LogP contribution >= 0.6 is 0 Å². The fraction of sp³-hybridized carbons (Fsp3) is 0.133. The van der Waals surface area contributed by atoms with Crippen LogP contribution in [0.15, 0.2) is 41.2 Å². The number of anilines is 1. The lowest BCUT2D eigenvalue weighted by atomic mass is 10.2. The molecule has 0 aliphatic rings. The predicted octanol–water partition coefficient (Wildman–Crippen LogP) is 0.600. The summed E-state index contributed by atoms with van der Waals surface area (Å²) in [6, 6.07) is 8.53. The number of aromatic nitrogens is 1. The third-order valence-corrected chi connectivity index (χ3v) is 3.07. The summed E-state index contributed by atoms with van der Waals surface area (Å²) in [5.41, 5.74) is 5.97. The molecule has 4 N–H and O–H groups in total. The molecule has 7 nitrogen and oxygen atoms in total. The second-order valence-electron chi connectivity index (χ2n) is 4.77. The van der Waals surface area contributed by atoms with Crippen LogP contribution in [0.2, 0.25) is 0 Å². The van der Waals surface area contributed by atoms with Gasteiger partial charge in [-0.2, -0.15) is 0 Å². The third-order valence-electron chi connectivity index (χ3n) is 3.07. The van der Waals surface area contributed by atoms with Gasteiger partial charge in [0.1, 0.15) is 12.3 Å². The number of nitrogens with two attached hydrogens (primary N) is 1. The molecule has 1 heterocycles. The Bertz CT molecular complexity index is 778. The summed E-state index contributed by atoms with van der Waals surface area (Å²) in [6.07, 6.45) is 0. The maximum Gasteiger partial charge on any atom is 0.254 e. The Hall–Kier alpha value is -3.09. The Balaban J connectivity index is 2.10. The maximum atomic E-state index is 12.0. The minimum Gasteiger partial charge on any atom is -0.508 e. The van der Waals surface area contributed by atoms with Crippen LogP contribution in [0.4, 0.5) is 5.69 Å². The average molecular weight is 301 g/mol. The van der Waals surface area contributed by atoms with E-state index in [9.17, 15) is 19.5 Å². The molecular weight excluding hydrogens is 286 g/mol. The molecule has 0 saturated heterocycles. The average Bonchev–Trinajstić information content (AvgIpc) is 2.43. The van der Waals surface area contributed by atoms with E-state index in [0.717, 1.165) is 6.07 Å². The van der Waals surface area contributed by atoms with Crippen LogP contribution in [0, 0.1) is 6.92 Å². The van der Waals surface area contributed by atoms with E-state index in [1.807, 2.05) is 0 Å². The monoisotopic (exact) mass is 301 g/mol. The van der Waals surface area contributed by atoms with Gasteiger partial charge >= 0.3 is 0 Å². The molecule has 22 heavy (non-hydrogen) atoms. The van der Waals surface area contributed by atoms with E-state index in [1.165, 1.54) is 22.8 Å². The zero-order valence-electron chi connectivity index (χ0n) is 11.9. The third kappa shape index (κ3) is 3.51. The van der Waals surface area contributed by atoms with Crippen LogP contribution in [0.3, 0.4) is 0 Å². The van der Waals surface area contributed by atoms with Gasteiger partial charge in [0, 0.05) is 23.0 Å². The number of nitrogens with zero attached hydrogens (tertiary/aromatic N) is 1. The molecule has 0 bridgehead atoms. The lowest BCUT2D eigenvalue weighted by Gasteiger charge is -2.10. The topological polar surface area (TPSA) is 114 Å². The molecule has 0 saturated carbocycles. The number of amides is 2. The molecule has 0 unspecified atom stereocenters. The van der Waals surface area contributed by atoms with Crippen LogP contribution in [0.5, 0.6) is 5.75 Å². The second kappa shape index (κ2) is 6.13. The van der Waals surface area contributed by atoms with E-state index in [2.05, 4.69) is 5.32 Å². The summed E-state index contributed by atoms with van der Waals surface area (Å²) < 4.78 is 1.24. The van der Waals surface area contributed by atoms with E-state index < -0.39 is 17.4 Å². The van der Waals surface area contributed by atoms with Crippen molar-refractivity contribution in [3.8, 4) is 5.75 Å². The number of aryl methyl sites for hydroxylation is 1. The minimum absolute atomic E-state index is 0.138. The molecule has 2 amide bonds. The number of hydrogen-bond donors (Lipinski definition) is 3. The van der Waals surface area contributed by atoms with E-state index in [1.54, 1.807) is 19.1 Å². The van der Waals surface area contributed by atoms with Gasteiger partial charge in [-0.05, 0) is 37.3 Å². The Morgan fingerprint density at radius 2 is 1.86 bits per heavy atom. The first kappa shape index (κ1) is 15.3. The zero-order valence-corrected chi connectivity index (χ0v) is 11.9. The predicted molar refractivity (Wildman–Crippen MR) is 80.7 cm³/mol. The number of carbonyl (C=O) groups excluding carboxylic acids is 2. The lowest BCUT2D eigenvalue weighted by molar-refractivity contribution is -0.116. The van der Waals surface area contributed by atoms with Crippen molar-refractivity contribution in [1.29, 1.82) is 0 Å². The van der Waals surface area contributed by atoms with Gasteiger partial charge in [-0.3, -0.25) is 14.4 Å². The molecule has 2 rings (SSSR count). The summed E-state index contributed by atoms with van der Waals surface area (Å²) in [4.78, 5) is 34.7. The van der Waals surface area contributed by atoms with Gasteiger partial charge in [-0.15, -0.1) is 0 Å². The highest BCUT2D eigenvalue weighted by Crippen LogP contribution is 2.10. The number of hydrogen-bond acceptors (Lipinski definition) is 4. The minimum atomic E-state index is -0.552. The van der Waals surface area contributed by atoms with Gasteiger partial charge in [0.15, 0.2) is 0 Å². The van der Waals surface area contributed by atoms with Gasteiger partial charge in [0.25, 0.3) is 5.56 Å². The number of pyridine rings is 1. The summed E-state index contributed by atoms with van der Waals surface area (Å²) in [7, 11) is 0. The van der Waals surface area contributed by atoms with Crippen molar-refractivity contribution in [2.75, 3.05) is 5.32 Å². The first-order valence-corrected chi connectivity index (χ1v) is 6.47. The highest BCUT2D eigenvalue weighted by atomic mass is 16.3. The highest BCUT2D eigenvalue weighted by Gasteiger charge is 2.09. The number of aromatic hydroxyl groups is 1. The van der Waals surface area contributed by atoms with E-state index in [4.69, 9.17) is 5.73 Å². The fourth-order valence-corrected chi connectivity index (χ4v) is 1.98. The van der Waals surface area contributed by atoms with Crippen molar-refractivity contribution in [2.24, 2.45) is 5.73 Å². The number of benzene rings is 1. The molecule has 114 valence electrons. The Kier molecular flexibility index (Phi) is 4.26. The molecule has 0 fully saturated rings. The highest BCUT2D eigenvalue weighted by molar-refractivity contribution is 5.94. The molecule has 0 aliphatic heterocycles. The number of rotatable bonds is 4. The van der Waals surface area contributed by atoms with E-state index in [-0.39, 0.29) is 12.3 Å². The van der Waals surface area contributed by atoms with Crippen molar-refractivity contribution >= 4 is 17.5 Å². The summed E-state index contributed by atoms with van der Waals surface area (Å²) >= 11 is 0. The van der Waals surface area contributed by atoms with Crippen LogP contribution in [0.1, 0.15) is 16.1 Å². The first-order valence-electron chi connectivity index (χ1n) is 6.47. The van der Waals surface area contributed by atoms with Gasteiger partial charge in [-0.25, -0.2) is 0 Å². The smallest absolute Gasteiger partial charge is 0.254 e. The SMILES string of the molecule is Cc1cc(O)cc(=O)n1CC(=O)Nc1ccc(C(N)=O)cc1. The number of nitrogens with one attached hydrogen (secondary N) is 1. The molecule has 0 atom stereocenters. The summed E-state index contributed by atoms with van der Waals surface area (Å²) in [5, 5.41) is 11.9. The molecule has 0 aliphatic carbocycles. The normalized spacial score (nSPS) is 10.2. The van der Waals surface area contributed by atoms with Gasteiger partial charge in [0.05, 0.1) is 0 Å². The summed E-state index contributed by atoms with van der Waals surface area (Å²) in [5.74, 6) is -1.09. The van der Waals surface area contributed by atoms with Gasteiger partial charge < -0.3 is 20.7 Å². The fourth-order valence-electron chi connectivity index (χ4n) is 1.98. The van der Waals surface area contributed by atoms with Crippen molar-refractivity contribution in [3.63, 3.8) is 0 Å². The number of primary amides is 1. The van der Waals surface area contributed by atoms with Gasteiger partial charge in [0.2, 0.25) is 11.8 Å². The zero-order chi connectivity index (χ0) is 16.3. The molecule has 2 aromatic rings. The van der Waals surface area contributed by atoms with E-state index >= 15 is 0 Å². The van der Waals surface area contributed by atoms with Crippen molar-refractivity contribution in [3.05, 3.63) is 58.0 Å². The first-order chi connectivity index (χ1) is 10.4. The van der Waals surface area contributed by atoms with Gasteiger partial charge in [-0.1, -0.05) is 0 Å². The molecule has 1 aromatic carbocycles. The molecule has 0 radical (unpaired) electrons. The quantitative estimate of drug-likeness (QED) is 0.767. The largest absolute Gasteiger partial charge is 0.508 e. The Morgan fingerprint density at radius 3 is 2.41 bits per heavy atom. The van der Waals surface area contributed by atoms with Crippen LogP contribution in [0.25, 0.3) is 0 Å². The molecule has 0 spiro atoms. The second-order valence-corrected chi connectivity index (χ2v) is 4.77. The van der Waals surface area contributed by atoms with Crippen LogP contribution < -0.4 is 16.6 Å². The van der Waals surface area contributed by atoms with Crippen LogP contribution in [-0.4, -0.2) is 21.5 Å². The standard InChI is InChI=1S/C15H15N3O4/c1-9-6-12(19)7-14(21)18(9)8-13(20)17-11-4-2-10(3-5-11)15(16)22/h2-7,19H,8H2,1H3,(H2,16,22)(H,17,20). The number of carbonyl (C=O) groups is 2. The maximum absolute atomic E-state index is 12.0. The molecular formula is C15H15N3O4.